The zero-order valence-electron chi connectivity index (χ0n) is 9.94. The summed E-state index contributed by atoms with van der Waals surface area (Å²) in [4.78, 5) is 16.4. The summed E-state index contributed by atoms with van der Waals surface area (Å²) in [6.45, 7) is 0.548. The number of rotatable bonds is 3. The van der Waals surface area contributed by atoms with E-state index in [1.165, 1.54) is 0 Å². The van der Waals surface area contributed by atoms with Gasteiger partial charge < -0.3 is 10.3 Å². The van der Waals surface area contributed by atoms with E-state index in [0.717, 1.165) is 20.3 Å². The number of nitrogens with one attached hydrogen (secondary N) is 2. The van der Waals surface area contributed by atoms with Crippen molar-refractivity contribution in [1.29, 1.82) is 0 Å². The Hall–Kier alpha value is -1.59. The maximum atomic E-state index is 12.2. The van der Waals surface area contributed by atoms with E-state index in [2.05, 4.69) is 26.2 Å². The topological polar surface area (TPSA) is 44.9 Å². The first-order valence-corrected chi connectivity index (χ1v) is 7.48. The van der Waals surface area contributed by atoms with Gasteiger partial charge in [0.1, 0.15) is 0 Å². The Kier molecular flexibility index (Phi) is 3.40. The minimum Gasteiger partial charge on any atom is -0.361 e. The molecular formula is C14H11BrN2OS. The second-order valence-electron chi connectivity index (χ2n) is 4.16. The number of benzene rings is 1. The minimum atomic E-state index is -0.0578. The highest BCUT2D eigenvalue weighted by molar-refractivity contribution is 9.10. The van der Waals surface area contributed by atoms with Gasteiger partial charge >= 0.3 is 0 Å². The first-order chi connectivity index (χ1) is 9.24. The fourth-order valence-corrected chi connectivity index (χ4v) is 3.37. The quantitative estimate of drug-likeness (QED) is 0.749. The molecule has 1 amide bonds. The van der Waals surface area contributed by atoms with Crippen LogP contribution in [0.25, 0.3) is 10.9 Å². The molecule has 0 unspecified atom stereocenters. The number of hydrogen-bond donors (Lipinski definition) is 2. The Balaban J connectivity index is 1.78. The summed E-state index contributed by atoms with van der Waals surface area (Å²) in [5.41, 5.74) is 1.56. The average molecular weight is 335 g/mol. The number of halogens is 1. The molecule has 0 saturated heterocycles. The summed E-state index contributed by atoms with van der Waals surface area (Å²) < 4.78 is 1.05. The summed E-state index contributed by atoms with van der Waals surface area (Å²) in [5.74, 6) is -0.0578. The van der Waals surface area contributed by atoms with Crippen molar-refractivity contribution in [3.63, 3.8) is 0 Å². The fraction of sp³-hybridized carbons (Fsp3) is 0.0714. The maximum absolute atomic E-state index is 12.2. The molecule has 1 aromatic carbocycles. The van der Waals surface area contributed by atoms with E-state index in [1.54, 1.807) is 11.3 Å². The third kappa shape index (κ3) is 2.57. The summed E-state index contributed by atoms with van der Waals surface area (Å²) in [6, 6.07) is 9.69. The molecule has 96 valence electrons. The van der Waals surface area contributed by atoms with E-state index in [0.29, 0.717) is 12.1 Å². The van der Waals surface area contributed by atoms with Crippen molar-refractivity contribution in [1.82, 2.24) is 10.3 Å². The predicted molar refractivity (Wildman–Crippen MR) is 81.5 cm³/mol. The zero-order chi connectivity index (χ0) is 13.2. The van der Waals surface area contributed by atoms with Gasteiger partial charge in [-0.25, -0.2) is 0 Å². The van der Waals surface area contributed by atoms with Gasteiger partial charge in [0.2, 0.25) is 0 Å². The van der Waals surface area contributed by atoms with Crippen molar-refractivity contribution in [2.75, 3.05) is 0 Å². The highest BCUT2D eigenvalue weighted by Crippen LogP contribution is 2.20. The molecule has 2 N–H and O–H groups in total. The molecule has 2 heterocycles. The molecule has 0 bridgehead atoms. The van der Waals surface area contributed by atoms with Crippen molar-refractivity contribution in [3.8, 4) is 0 Å². The molecule has 0 radical (unpaired) electrons. The van der Waals surface area contributed by atoms with Gasteiger partial charge in [0.15, 0.2) is 0 Å². The summed E-state index contributed by atoms with van der Waals surface area (Å²) in [7, 11) is 0. The number of carbonyl (C=O) groups excluding carboxylic acids is 1. The minimum absolute atomic E-state index is 0.0578. The van der Waals surface area contributed by atoms with E-state index in [1.807, 2.05) is 41.9 Å². The highest BCUT2D eigenvalue weighted by atomic mass is 79.9. The molecule has 0 aliphatic carbocycles. The number of carbonyl (C=O) groups is 1. The van der Waals surface area contributed by atoms with Gasteiger partial charge in [-0.3, -0.25) is 4.79 Å². The third-order valence-corrected chi connectivity index (χ3v) is 4.57. The van der Waals surface area contributed by atoms with Gasteiger partial charge in [0, 0.05) is 26.3 Å². The first-order valence-electron chi connectivity index (χ1n) is 5.81. The molecule has 0 fully saturated rings. The molecule has 0 saturated carbocycles. The van der Waals surface area contributed by atoms with Gasteiger partial charge in [-0.15, -0.1) is 11.3 Å². The number of aromatic amines is 1. The summed E-state index contributed by atoms with van der Waals surface area (Å²) in [6.07, 6.45) is 1.85. The molecule has 3 nitrogen and oxygen atoms in total. The Morgan fingerprint density at radius 3 is 3.05 bits per heavy atom. The van der Waals surface area contributed by atoms with Crippen LogP contribution in [0.1, 0.15) is 15.2 Å². The Morgan fingerprint density at radius 1 is 1.37 bits per heavy atom. The molecule has 0 aliphatic rings. The Bertz CT molecular complexity index is 732. The van der Waals surface area contributed by atoms with E-state index in [4.69, 9.17) is 0 Å². The molecule has 19 heavy (non-hydrogen) atoms. The van der Waals surface area contributed by atoms with E-state index in [-0.39, 0.29) is 5.91 Å². The van der Waals surface area contributed by atoms with Crippen molar-refractivity contribution in [2.45, 2.75) is 6.54 Å². The van der Waals surface area contributed by atoms with Crippen LogP contribution in [0.5, 0.6) is 0 Å². The lowest BCUT2D eigenvalue weighted by molar-refractivity contribution is 0.0953. The predicted octanol–water partition coefficient (Wildman–Crippen LogP) is 3.92. The second-order valence-corrected chi connectivity index (χ2v) is 6.07. The normalized spacial score (nSPS) is 10.8. The number of hydrogen-bond acceptors (Lipinski definition) is 2. The average Bonchev–Trinajstić information content (AvgIpc) is 3.03. The first kappa shape index (κ1) is 12.4. The van der Waals surface area contributed by atoms with E-state index in [9.17, 15) is 4.79 Å². The van der Waals surface area contributed by atoms with Crippen LogP contribution in [-0.2, 0) is 6.54 Å². The second kappa shape index (κ2) is 5.19. The zero-order valence-corrected chi connectivity index (χ0v) is 12.3. The summed E-state index contributed by atoms with van der Waals surface area (Å²) in [5, 5.41) is 6.00. The van der Waals surface area contributed by atoms with Gasteiger partial charge in [-0.1, -0.05) is 12.1 Å². The number of amides is 1. The summed E-state index contributed by atoms with van der Waals surface area (Å²) >= 11 is 5.03. The number of aromatic nitrogens is 1. The van der Waals surface area contributed by atoms with Gasteiger partial charge in [-0.05, 0) is 34.1 Å². The molecule has 0 aliphatic heterocycles. The van der Waals surface area contributed by atoms with Crippen LogP contribution >= 0.6 is 27.3 Å². The molecule has 3 rings (SSSR count). The highest BCUT2D eigenvalue weighted by Gasteiger charge is 2.10. The van der Waals surface area contributed by atoms with E-state index >= 15 is 0 Å². The molecule has 0 atom stereocenters. The number of thiophene rings is 1. The molecule has 3 aromatic rings. The van der Waals surface area contributed by atoms with Crippen LogP contribution in [0, 0.1) is 0 Å². The van der Waals surface area contributed by atoms with Crippen LogP contribution in [0.4, 0.5) is 0 Å². The van der Waals surface area contributed by atoms with Crippen molar-refractivity contribution in [2.24, 2.45) is 0 Å². The van der Waals surface area contributed by atoms with Gasteiger partial charge in [0.25, 0.3) is 5.91 Å². The van der Waals surface area contributed by atoms with Crippen LogP contribution in [0.15, 0.2) is 46.4 Å². The van der Waals surface area contributed by atoms with Crippen LogP contribution < -0.4 is 5.32 Å². The molecular weight excluding hydrogens is 324 g/mol. The molecule has 0 spiro atoms. The fourth-order valence-electron chi connectivity index (χ4n) is 1.98. The standard InChI is InChI=1S/C14H11BrN2OS/c15-10-6-11(19-8-10)7-17-14(18)12-3-1-2-9-4-5-16-13(9)12/h1-6,8,16H,7H2,(H,17,18). The van der Waals surface area contributed by atoms with Crippen molar-refractivity contribution in [3.05, 3.63) is 56.8 Å². The van der Waals surface area contributed by atoms with E-state index < -0.39 is 0 Å². The Labute approximate surface area is 122 Å². The number of fused-ring (bicyclic) bond motifs is 1. The number of para-hydroxylation sites is 1. The SMILES string of the molecule is O=C(NCc1cc(Br)cs1)c1cccc2cc[nH]c12. The number of H-pyrrole nitrogens is 1. The smallest absolute Gasteiger partial charge is 0.253 e. The van der Waals surface area contributed by atoms with Crippen LogP contribution in [0.2, 0.25) is 0 Å². The van der Waals surface area contributed by atoms with Crippen LogP contribution in [0.3, 0.4) is 0 Å². The van der Waals surface area contributed by atoms with Crippen molar-refractivity contribution < 1.29 is 4.79 Å². The lowest BCUT2D eigenvalue weighted by Gasteiger charge is -2.05. The van der Waals surface area contributed by atoms with Crippen molar-refractivity contribution >= 4 is 44.1 Å². The monoisotopic (exact) mass is 334 g/mol. The van der Waals surface area contributed by atoms with Crippen LogP contribution in [-0.4, -0.2) is 10.9 Å². The maximum Gasteiger partial charge on any atom is 0.253 e. The van der Waals surface area contributed by atoms with Gasteiger partial charge in [-0.2, -0.15) is 0 Å². The third-order valence-electron chi connectivity index (χ3n) is 2.88. The molecule has 5 heteroatoms. The molecule has 2 aromatic heterocycles. The van der Waals surface area contributed by atoms with Gasteiger partial charge in [0.05, 0.1) is 17.6 Å². The lowest BCUT2D eigenvalue weighted by Crippen LogP contribution is -2.22. The Morgan fingerprint density at radius 2 is 2.26 bits per heavy atom. The lowest BCUT2D eigenvalue weighted by atomic mass is 10.1. The largest absolute Gasteiger partial charge is 0.361 e.